The van der Waals surface area contributed by atoms with Crippen LogP contribution in [-0.2, 0) is 4.79 Å². The molecule has 6 nitrogen and oxygen atoms in total. The van der Waals surface area contributed by atoms with Crippen LogP contribution in [0.2, 0.25) is 5.02 Å². The summed E-state index contributed by atoms with van der Waals surface area (Å²) >= 11 is 6.02. The van der Waals surface area contributed by atoms with E-state index in [-0.39, 0.29) is 29.3 Å². The smallest absolute Gasteiger partial charge is 0.254 e. The van der Waals surface area contributed by atoms with Crippen LogP contribution in [0.15, 0.2) is 85.1 Å². The van der Waals surface area contributed by atoms with E-state index in [0.29, 0.717) is 23.5 Å². The molecule has 0 aliphatic rings. The lowest BCUT2D eigenvalue weighted by atomic mass is 10.1. The van der Waals surface area contributed by atoms with E-state index >= 15 is 0 Å². The first kappa shape index (κ1) is 25.1. The van der Waals surface area contributed by atoms with Crippen molar-refractivity contribution in [1.29, 1.82) is 0 Å². The van der Waals surface area contributed by atoms with Crippen molar-refractivity contribution < 1.29 is 14.0 Å². The fraction of sp³-hybridized carbons (Fsp3) is 0.179. The van der Waals surface area contributed by atoms with Crippen LogP contribution in [0.5, 0.6) is 0 Å². The Morgan fingerprint density at radius 3 is 2.33 bits per heavy atom. The predicted molar refractivity (Wildman–Crippen MR) is 140 cm³/mol. The molecule has 36 heavy (non-hydrogen) atoms. The molecule has 1 heterocycles. The number of imidazole rings is 1. The number of nitrogens with one attached hydrogen (secondary N) is 1. The minimum Gasteiger partial charge on any atom is -0.329 e. The second kappa shape index (κ2) is 11.2. The highest BCUT2D eigenvalue weighted by Crippen LogP contribution is 2.26. The minimum atomic E-state index is -0.543. The molecule has 1 N–H and O–H groups in total. The summed E-state index contributed by atoms with van der Waals surface area (Å²) in [4.78, 5) is 32.4. The standard InChI is InChI=1S/C28H26ClFN4O2/c1-19(2)16-33(27(36)21-11-7-4-8-12-21)18-26(35)32-28-31-25(20-9-5-3-6-10-20)17-34(28)22-13-14-24(30)23(29)15-22/h3-15,17,19H,16,18H2,1-2H3,(H,31,32,35). The molecule has 0 fully saturated rings. The van der Waals surface area contributed by atoms with Gasteiger partial charge in [0.15, 0.2) is 0 Å². The molecule has 0 spiro atoms. The Balaban J connectivity index is 1.63. The molecule has 1 aromatic heterocycles. The largest absolute Gasteiger partial charge is 0.329 e. The third kappa shape index (κ3) is 5.98. The first-order valence-corrected chi connectivity index (χ1v) is 11.9. The Bertz CT molecular complexity index is 1360. The fourth-order valence-corrected chi connectivity index (χ4v) is 3.98. The highest BCUT2D eigenvalue weighted by atomic mass is 35.5. The number of carbonyl (C=O) groups excluding carboxylic acids is 2. The van der Waals surface area contributed by atoms with Crippen molar-refractivity contribution in [3.63, 3.8) is 0 Å². The van der Waals surface area contributed by atoms with Crippen molar-refractivity contribution in [2.24, 2.45) is 5.92 Å². The molecule has 0 unspecified atom stereocenters. The Morgan fingerprint density at radius 1 is 1.03 bits per heavy atom. The molecule has 2 amide bonds. The van der Waals surface area contributed by atoms with E-state index in [1.54, 1.807) is 41.1 Å². The zero-order valence-electron chi connectivity index (χ0n) is 20.0. The summed E-state index contributed by atoms with van der Waals surface area (Å²) in [6.45, 7) is 4.24. The zero-order chi connectivity index (χ0) is 25.7. The molecule has 8 heteroatoms. The number of rotatable bonds is 8. The van der Waals surface area contributed by atoms with E-state index in [9.17, 15) is 14.0 Å². The monoisotopic (exact) mass is 504 g/mol. The lowest BCUT2D eigenvalue weighted by molar-refractivity contribution is -0.117. The van der Waals surface area contributed by atoms with Crippen LogP contribution >= 0.6 is 11.6 Å². The average Bonchev–Trinajstić information content (AvgIpc) is 3.29. The van der Waals surface area contributed by atoms with Crippen molar-refractivity contribution in [1.82, 2.24) is 14.5 Å². The average molecular weight is 505 g/mol. The fourth-order valence-electron chi connectivity index (χ4n) is 3.81. The van der Waals surface area contributed by atoms with Gasteiger partial charge in [0.2, 0.25) is 11.9 Å². The number of halogens is 2. The van der Waals surface area contributed by atoms with Gasteiger partial charge in [0, 0.05) is 23.9 Å². The summed E-state index contributed by atoms with van der Waals surface area (Å²) < 4.78 is 15.4. The Kier molecular flexibility index (Phi) is 7.80. The first-order chi connectivity index (χ1) is 17.3. The van der Waals surface area contributed by atoms with Crippen molar-refractivity contribution in [3.05, 3.63) is 101 Å². The molecule has 3 aromatic carbocycles. The van der Waals surface area contributed by atoms with Crippen LogP contribution in [0.25, 0.3) is 16.9 Å². The predicted octanol–water partition coefficient (Wildman–Crippen LogP) is 6.07. The van der Waals surface area contributed by atoms with Gasteiger partial charge in [-0.05, 0) is 36.2 Å². The normalized spacial score (nSPS) is 10.9. The van der Waals surface area contributed by atoms with Crippen LogP contribution in [0, 0.1) is 11.7 Å². The Labute approximate surface area is 214 Å². The molecular weight excluding hydrogens is 479 g/mol. The topological polar surface area (TPSA) is 67.2 Å². The molecular formula is C28H26ClFN4O2. The number of anilines is 1. The van der Waals surface area contributed by atoms with Gasteiger partial charge >= 0.3 is 0 Å². The number of hydrogen-bond acceptors (Lipinski definition) is 3. The van der Waals surface area contributed by atoms with E-state index < -0.39 is 11.7 Å². The third-order valence-electron chi connectivity index (χ3n) is 5.44. The molecule has 184 valence electrons. The first-order valence-electron chi connectivity index (χ1n) is 11.6. The Morgan fingerprint density at radius 2 is 1.69 bits per heavy atom. The zero-order valence-corrected chi connectivity index (χ0v) is 20.7. The molecule has 0 atom stereocenters. The van der Waals surface area contributed by atoms with Crippen LogP contribution in [0.1, 0.15) is 24.2 Å². The summed E-state index contributed by atoms with van der Waals surface area (Å²) in [5.41, 5.74) is 2.51. The quantitative estimate of drug-likeness (QED) is 0.317. The van der Waals surface area contributed by atoms with Crippen LogP contribution in [-0.4, -0.2) is 39.4 Å². The van der Waals surface area contributed by atoms with Gasteiger partial charge in [-0.2, -0.15) is 0 Å². The minimum absolute atomic E-state index is 0.0451. The molecule has 0 saturated carbocycles. The van der Waals surface area contributed by atoms with E-state index in [1.165, 1.54) is 17.0 Å². The number of benzene rings is 3. The summed E-state index contributed by atoms with van der Waals surface area (Å²) in [6, 6.07) is 22.6. The molecule has 0 aliphatic heterocycles. The lowest BCUT2D eigenvalue weighted by Gasteiger charge is -2.24. The van der Waals surface area contributed by atoms with Gasteiger partial charge in [-0.1, -0.05) is 74.0 Å². The summed E-state index contributed by atoms with van der Waals surface area (Å²) in [7, 11) is 0. The van der Waals surface area contributed by atoms with Crippen LogP contribution in [0.3, 0.4) is 0 Å². The number of carbonyl (C=O) groups is 2. The number of hydrogen-bond donors (Lipinski definition) is 1. The van der Waals surface area contributed by atoms with Crippen LogP contribution < -0.4 is 5.32 Å². The van der Waals surface area contributed by atoms with E-state index in [1.807, 2.05) is 50.2 Å². The summed E-state index contributed by atoms with van der Waals surface area (Å²) in [6.07, 6.45) is 1.75. The van der Waals surface area contributed by atoms with E-state index in [4.69, 9.17) is 11.6 Å². The third-order valence-corrected chi connectivity index (χ3v) is 5.73. The lowest BCUT2D eigenvalue weighted by Crippen LogP contribution is -2.40. The maximum absolute atomic E-state index is 13.8. The van der Waals surface area contributed by atoms with Gasteiger partial charge in [-0.15, -0.1) is 0 Å². The van der Waals surface area contributed by atoms with E-state index in [2.05, 4.69) is 10.3 Å². The molecule has 0 aliphatic carbocycles. The van der Waals surface area contributed by atoms with Crippen molar-refractivity contribution in [2.45, 2.75) is 13.8 Å². The van der Waals surface area contributed by atoms with Gasteiger partial charge in [0.25, 0.3) is 5.91 Å². The highest BCUT2D eigenvalue weighted by molar-refractivity contribution is 6.30. The summed E-state index contributed by atoms with van der Waals surface area (Å²) in [5.74, 6) is -0.771. The number of nitrogens with zero attached hydrogens (tertiary/aromatic N) is 3. The van der Waals surface area contributed by atoms with Gasteiger partial charge in [-0.3, -0.25) is 19.5 Å². The maximum Gasteiger partial charge on any atom is 0.254 e. The highest BCUT2D eigenvalue weighted by Gasteiger charge is 2.22. The van der Waals surface area contributed by atoms with Gasteiger partial charge in [-0.25, -0.2) is 9.37 Å². The molecule has 0 radical (unpaired) electrons. The maximum atomic E-state index is 13.8. The molecule has 0 bridgehead atoms. The molecule has 4 aromatic rings. The summed E-state index contributed by atoms with van der Waals surface area (Å²) in [5, 5.41) is 2.78. The molecule has 4 rings (SSSR count). The van der Waals surface area contributed by atoms with Crippen molar-refractivity contribution in [2.75, 3.05) is 18.4 Å². The van der Waals surface area contributed by atoms with Gasteiger partial charge in [0.1, 0.15) is 12.4 Å². The second-order valence-electron chi connectivity index (χ2n) is 8.78. The number of aromatic nitrogens is 2. The second-order valence-corrected chi connectivity index (χ2v) is 9.19. The van der Waals surface area contributed by atoms with Gasteiger partial charge < -0.3 is 4.90 Å². The SMILES string of the molecule is CC(C)CN(CC(=O)Nc1nc(-c2ccccc2)cn1-c1ccc(F)c(Cl)c1)C(=O)c1ccccc1. The van der Waals surface area contributed by atoms with E-state index in [0.717, 1.165) is 5.56 Å². The van der Waals surface area contributed by atoms with Crippen molar-refractivity contribution in [3.8, 4) is 16.9 Å². The number of amides is 2. The molecule has 0 saturated heterocycles. The van der Waals surface area contributed by atoms with Gasteiger partial charge in [0.05, 0.1) is 16.4 Å². The van der Waals surface area contributed by atoms with Crippen LogP contribution in [0.4, 0.5) is 10.3 Å². The Hall–Kier alpha value is -3.97. The van der Waals surface area contributed by atoms with Crippen molar-refractivity contribution >= 4 is 29.4 Å².